The van der Waals surface area contributed by atoms with E-state index in [4.69, 9.17) is 4.52 Å². The van der Waals surface area contributed by atoms with Crippen molar-refractivity contribution in [1.29, 1.82) is 0 Å². The van der Waals surface area contributed by atoms with Crippen LogP contribution in [0.25, 0.3) is 0 Å². The van der Waals surface area contributed by atoms with Gasteiger partial charge in [0.25, 0.3) is 0 Å². The lowest BCUT2D eigenvalue weighted by Crippen LogP contribution is -2.45. The Balaban J connectivity index is 1.47. The van der Waals surface area contributed by atoms with Crippen LogP contribution in [-0.2, 0) is 14.8 Å². The van der Waals surface area contributed by atoms with Crippen LogP contribution < -0.4 is 0 Å². The van der Waals surface area contributed by atoms with Crippen molar-refractivity contribution in [3.05, 3.63) is 41.5 Å². The number of rotatable bonds is 4. The molecule has 9 heteroatoms. The van der Waals surface area contributed by atoms with Crippen molar-refractivity contribution in [2.24, 2.45) is 5.92 Å². The quantitative estimate of drug-likeness (QED) is 0.715. The highest BCUT2D eigenvalue weighted by molar-refractivity contribution is 7.89. The van der Waals surface area contributed by atoms with E-state index in [2.05, 4.69) is 10.1 Å². The number of likely N-dealkylation sites (tertiary alicyclic amines) is 1. The maximum atomic E-state index is 13.5. The molecule has 1 atom stereocenters. The lowest BCUT2D eigenvalue weighted by Gasteiger charge is -2.36. The van der Waals surface area contributed by atoms with Crippen LogP contribution in [0.2, 0.25) is 0 Å². The van der Waals surface area contributed by atoms with E-state index in [0.717, 1.165) is 37.8 Å². The SMILES string of the molecule is Cc1noc(C)c1S(=O)(=O)N1CCC(C(=O)N2CCCCCC2c2ccncc2)CC1. The largest absolute Gasteiger partial charge is 0.360 e. The Labute approximate surface area is 183 Å². The van der Waals surface area contributed by atoms with Crippen LogP contribution in [0.4, 0.5) is 0 Å². The molecular formula is C22H30N4O4S. The topological polar surface area (TPSA) is 96.6 Å². The fraction of sp³-hybridized carbons (Fsp3) is 0.591. The highest BCUT2D eigenvalue weighted by Crippen LogP contribution is 2.34. The number of carbonyl (C=O) groups is 1. The third kappa shape index (κ3) is 4.39. The molecule has 0 radical (unpaired) electrons. The molecule has 1 unspecified atom stereocenters. The number of pyridine rings is 1. The monoisotopic (exact) mass is 446 g/mol. The fourth-order valence-electron chi connectivity index (χ4n) is 4.85. The second-order valence-corrected chi connectivity index (χ2v) is 10.4. The van der Waals surface area contributed by atoms with Gasteiger partial charge in [-0.25, -0.2) is 8.42 Å². The first-order valence-corrected chi connectivity index (χ1v) is 12.5. The molecule has 2 saturated heterocycles. The third-order valence-electron chi connectivity index (χ3n) is 6.50. The van der Waals surface area contributed by atoms with Crippen molar-refractivity contribution < 1.29 is 17.7 Å². The van der Waals surface area contributed by atoms with E-state index in [1.54, 1.807) is 26.2 Å². The second kappa shape index (κ2) is 9.08. The first-order chi connectivity index (χ1) is 14.9. The number of nitrogens with zero attached hydrogens (tertiary/aromatic N) is 4. The van der Waals surface area contributed by atoms with Gasteiger partial charge in [-0.05, 0) is 57.2 Å². The molecule has 2 aliphatic rings. The molecule has 31 heavy (non-hydrogen) atoms. The highest BCUT2D eigenvalue weighted by Gasteiger charge is 2.38. The summed E-state index contributed by atoms with van der Waals surface area (Å²) < 4.78 is 32.7. The van der Waals surface area contributed by atoms with E-state index in [0.29, 0.717) is 37.4 Å². The minimum Gasteiger partial charge on any atom is -0.360 e. The van der Waals surface area contributed by atoms with Gasteiger partial charge in [-0.1, -0.05) is 18.0 Å². The lowest BCUT2D eigenvalue weighted by molar-refractivity contribution is -0.139. The molecule has 2 aromatic rings. The number of hydrogen-bond acceptors (Lipinski definition) is 6. The van der Waals surface area contributed by atoms with E-state index in [-0.39, 0.29) is 22.8 Å². The van der Waals surface area contributed by atoms with Gasteiger partial charge in [0.05, 0.1) is 6.04 Å². The summed E-state index contributed by atoms with van der Waals surface area (Å²) in [6.45, 7) is 4.66. The van der Waals surface area contributed by atoms with Crippen LogP contribution in [-0.4, -0.2) is 53.3 Å². The lowest BCUT2D eigenvalue weighted by atomic mass is 9.94. The number of hydrogen-bond donors (Lipinski definition) is 0. The Morgan fingerprint density at radius 2 is 1.74 bits per heavy atom. The Bertz CT molecular complexity index is 994. The summed E-state index contributed by atoms with van der Waals surface area (Å²) in [6.07, 6.45) is 8.80. The molecule has 1 amide bonds. The third-order valence-corrected chi connectivity index (χ3v) is 8.64. The highest BCUT2D eigenvalue weighted by atomic mass is 32.2. The molecule has 2 fully saturated rings. The van der Waals surface area contributed by atoms with Crippen molar-refractivity contribution in [2.75, 3.05) is 19.6 Å². The molecule has 168 valence electrons. The summed E-state index contributed by atoms with van der Waals surface area (Å²) in [5, 5.41) is 3.78. The summed E-state index contributed by atoms with van der Waals surface area (Å²) in [5.74, 6) is 0.303. The Hall–Kier alpha value is -2.26. The zero-order valence-corrected chi connectivity index (χ0v) is 19.0. The maximum absolute atomic E-state index is 13.5. The van der Waals surface area contributed by atoms with Crippen LogP contribution >= 0.6 is 0 Å². The molecule has 8 nitrogen and oxygen atoms in total. The van der Waals surface area contributed by atoms with E-state index < -0.39 is 10.0 Å². The summed E-state index contributed by atoms with van der Waals surface area (Å²) >= 11 is 0. The van der Waals surface area contributed by atoms with E-state index >= 15 is 0 Å². The van der Waals surface area contributed by atoms with Gasteiger partial charge < -0.3 is 9.42 Å². The molecule has 4 rings (SSSR count). The molecule has 0 bridgehead atoms. The van der Waals surface area contributed by atoms with Crippen molar-refractivity contribution in [3.63, 3.8) is 0 Å². The smallest absolute Gasteiger partial charge is 0.248 e. The second-order valence-electron chi connectivity index (χ2n) is 8.51. The number of aryl methyl sites for hydroxylation is 2. The normalized spacial score (nSPS) is 21.7. The average molecular weight is 447 g/mol. The minimum atomic E-state index is -3.67. The van der Waals surface area contributed by atoms with Crippen LogP contribution in [0.5, 0.6) is 0 Å². The minimum absolute atomic E-state index is 0.0714. The molecular weight excluding hydrogens is 416 g/mol. The molecule has 4 heterocycles. The van der Waals surface area contributed by atoms with Gasteiger partial charge in [-0.2, -0.15) is 4.31 Å². The Morgan fingerprint density at radius 3 is 2.39 bits per heavy atom. The first-order valence-electron chi connectivity index (χ1n) is 11.0. The number of amides is 1. The summed E-state index contributed by atoms with van der Waals surface area (Å²) in [4.78, 5) is 19.8. The first kappa shape index (κ1) is 22.0. The predicted molar refractivity (Wildman–Crippen MR) is 115 cm³/mol. The van der Waals surface area contributed by atoms with E-state index in [9.17, 15) is 13.2 Å². The zero-order valence-electron chi connectivity index (χ0n) is 18.2. The van der Waals surface area contributed by atoms with Crippen LogP contribution in [0, 0.1) is 19.8 Å². The van der Waals surface area contributed by atoms with Gasteiger partial charge in [-0.3, -0.25) is 9.78 Å². The van der Waals surface area contributed by atoms with Crippen molar-refractivity contribution in [1.82, 2.24) is 19.3 Å². The van der Waals surface area contributed by atoms with Crippen molar-refractivity contribution >= 4 is 15.9 Å². The number of aromatic nitrogens is 2. The fourth-order valence-corrected chi connectivity index (χ4v) is 6.61. The van der Waals surface area contributed by atoms with Gasteiger partial charge in [0.15, 0.2) is 5.76 Å². The zero-order chi connectivity index (χ0) is 22.0. The predicted octanol–water partition coefficient (Wildman–Crippen LogP) is 3.23. The molecule has 0 spiro atoms. The van der Waals surface area contributed by atoms with E-state index in [1.807, 2.05) is 17.0 Å². The standard InChI is InChI=1S/C22H30N4O4S/c1-16-21(17(2)30-24-16)31(28,29)25-14-9-19(10-15-25)22(27)26-13-5-3-4-6-20(26)18-7-11-23-12-8-18/h7-8,11-12,19-20H,3-6,9-10,13-15H2,1-2H3. The van der Waals surface area contributed by atoms with Gasteiger partial charge in [0.1, 0.15) is 10.6 Å². The van der Waals surface area contributed by atoms with Gasteiger partial charge >= 0.3 is 0 Å². The molecule has 2 aromatic heterocycles. The molecule has 0 N–H and O–H groups in total. The average Bonchev–Trinajstić information content (AvgIpc) is 2.98. The van der Waals surface area contributed by atoms with Crippen LogP contribution in [0.1, 0.15) is 61.6 Å². The molecule has 0 saturated carbocycles. The van der Waals surface area contributed by atoms with E-state index in [1.165, 1.54) is 4.31 Å². The number of carbonyl (C=O) groups excluding carboxylic acids is 1. The summed E-state index contributed by atoms with van der Waals surface area (Å²) in [6, 6.07) is 4.06. The molecule has 0 aliphatic carbocycles. The summed E-state index contributed by atoms with van der Waals surface area (Å²) in [7, 11) is -3.67. The van der Waals surface area contributed by atoms with Crippen molar-refractivity contribution in [3.8, 4) is 0 Å². The van der Waals surface area contributed by atoms with Gasteiger partial charge in [-0.15, -0.1) is 0 Å². The van der Waals surface area contributed by atoms with Crippen LogP contribution in [0.3, 0.4) is 0 Å². The Morgan fingerprint density at radius 1 is 1.03 bits per heavy atom. The summed E-state index contributed by atoms with van der Waals surface area (Å²) in [5.41, 5.74) is 1.50. The van der Waals surface area contributed by atoms with Gasteiger partial charge in [0, 0.05) is 37.9 Å². The van der Waals surface area contributed by atoms with Crippen molar-refractivity contribution in [2.45, 2.75) is 63.3 Å². The molecule has 0 aromatic carbocycles. The number of sulfonamides is 1. The van der Waals surface area contributed by atoms with Crippen LogP contribution in [0.15, 0.2) is 33.9 Å². The molecule has 2 aliphatic heterocycles. The maximum Gasteiger partial charge on any atom is 0.248 e. The number of piperidine rings is 1. The Kier molecular flexibility index (Phi) is 6.43. The van der Waals surface area contributed by atoms with Gasteiger partial charge in [0.2, 0.25) is 15.9 Å².